The normalized spacial score (nSPS) is 10.1. The smallest absolute Gasteiger partial charge is 0.342 e. The van der Waals surface area contributed by atoms with E-state index in [4.69, 9.17) is 4.74 Å². The lowest BCUT2D eigenvalue weighted by molar-refractivity contribution is 0.0448. The molecule has 0 bridgehead atoms. The summed E-state index contributed by atoms with van der Waals surface area (Å²) in [6, 6.07) is 8.83. The summed E-state index contributed by atoms with van der Waals surface area (Å²) in [4.78, 5) is 36.1. The monoisotopic (exact) mass is 360 g/mol. The minimum absolute atomic E-state index is 0.231. The lowest BCUT2D eigenvalue weighted by Gasteiger charge is -2.15. The zero-order chi connectivity index (χ0) is 19.3. The van der Waals surface area contributed by atoms with Gasteiger partial charge in [-0.05, 0) is 12.1 Å². The number of hydrogen-bond donors (Lipinski definition) is 2. The Hall–Kier alpha value is -3.55. The first-order valence-corrected chi connectivity index (χ1v) is 7.37. The Morgan fingerprint density at radius 3 is 1.81 bits per heavy atom. The molecule has 0 atom stereocenters. The fourth-order valence-electron chi connectivity index (χ4n) is 2.31. The molecule has 2 N–H and O–H groups in total. The van der Waals surface area contributed by atoms with Crippen LogP contribution < -0.4 is 0 Å². The van der Waals surface area contributed by atoms with Crippen LogP contribution in [0.1, 0.15) is 36.6 Å². The van der Waals surface area contributed by atoms with Crippen LogP contribution in [0.15, 0.2) is 36.4 Å². The van der Waals surface area contributed by atoms with Crippen molar-refractivity contribution in [2.75, 3.05) is 14.2 Å². The maximum Gasteiger partial charge on any atom is 0.342 e. The van der Waals surface area contributed by atoms with Crippen LogP contribution >= 0.6 is 0 Å². The second kappa shape index (κ2) is 8.02. The van der Waals surface area contributed by atoms with E-state index in [0.717, 1.165) is 20.3 Å². The molecule has 8 nitrogen and oxygen atoms in total. The Balaban J connectivity index is 2.48. The summed E-state index contributed by atoms with van der Waals surface area (Å²) in [5.74, 6) is -3.93. The van der Waals surface area contributed by atoms with Crippen molar-refractivity contribution < 1.29 is 38.8 Å². The molecular formula is C18H16O8. The van der Waals surface area contributed by atoms with Gasteiger partial charge in [0.25, 0.3) is 0 Å². The molecule has 26 heavy (non-hydrogen) atoms. The number of hydrogen-bond acceptors (Lipinski definition) is 8. The van der Waals surface area contributed by atoms with Crippen molar-refractivity contribution >= 4 is 17.9 Å². The molecule has 2 rings (SSSR count). The summed E-state index contributed by atoms with van der Waals surface area (Å²) >= 11 is 0. The quantitative estimate of drug-likeness (QED) is 0.614. The molecule has 2 aromatic carbocycles. The van der Waals surface area contributed by atoms with E-state index in [0.29, 0.717) is 0 Å². The number of phenolic OH excluding ortho intramolecular Hbond substituents is 2. The Morgan fingerprint density at radius 1 is 0.846 bits per heavy atom. The molecule has 136 valence electrons. The minimum atomic E-state index is -0.974. The van der Waals surface area contributed by atoms with Crippen LogP contribution in [0, 0.1) is 0 Å². The number of carbonyl (C=O) groups is 3. The van der Waals surface area contributed by atoms with Gasteiger partial charge in [0.15, 0.2) is 0 Å². The number of esters is 3. The molecule has 0 fully saturated rings. The van der Waals surface area contributed by atoms with Crippen LogP contribution in [-0.4, -0.2) is 42.3 Å². The number of phenols is 2. The fourth-order valence-corrected chi connectivity index (χ4v) is 2.31. The van der Waals surface area contributed by atoms with Gasteiger partial charge < -0.3 is 24.4 Å². The highest BCUT2D eigenvalue weighted by atomic mass is 16.5. The van der Waals surface area contributed by atoms with Crippen LogP contribution in [0.2, 0.25) is 0 Å². The van der Waals surface area contributed by atoms with Gasteiger partial charge in [0, 0.05) is 11.6 Å². The third-order valence-electron chi connectivity index (χ3n) is 3.53. The summed E-state index contributed by atoms with van der Waals surface area (Å²) in [5.41, 5.74) is -0.806. The SMILES string of the molecule is COC(=O)c1c(O)cc(O)c(C(=O)OC)c1COC(=O)c1ccccc1. The molecule has 0 aliphatic carbocycles. The van der Waals surface area contributed by atoms with Gasteiger partial charge in [0.1, 0.15) is 29.2 Å². The lowest BCUT2D eigenvalue weighted by Crippen LogP contribution is -2.16. The highest BCUT2D eigenvalue weighted by molar-refractivity contribution is 6.02. The summed E-state index contributed by atoms with van der Waals surface area (Å²) in [7, 11) is 2.15. The second-order valence-electron chi connectivity index (χ2n) is 5.07. The Kier molecular flexibility index (Phi) is 5.79. The van der Waals surface area contributed by atoms with Gasteiger partial charge in [-0.1, -0.05) is 18.2 Å². The maximum atomic E-state index is 12.1. The zero-order valence-corrected chi connectivity index (χ0v) is 14.0. The molecule has 0 spiro atoms. The first kappa shape index (κ1) is 18.8. The van der Waals surface area contributed by atoms with Crippen LogP contribution in [0.3, 0.4) is 0 Å². The van der Waals surface area contributed by atoms with Crippen LogP contribution in [0.5, 0.6) is 11.5 Å². The van der Waals surface area contributed by atoms with Gasteiger partial charge in [0.05, 0.1) is 19.8 Å². The number of methoxy groups -OCH3 is 2. The van der Waals surface area contributed by atoms with E-state index in [-0.39, 0.29) is 11.1 Å². The lowest BCUT2D eigenvalue weighted by atomic mass is 9.99. The fraction of sp³-hybridized carbons (Fsp3) is 0.167. The predicted molar refractivity (Wildman–Crippen MR) is 88.0 cm³/mol. The number of ether oxygens (including phenoxy) is 3. The first-order valence-electron chi connectivity index (χ1n) is 7.37. The second-order valence-corrected chi connectivity index (χ2v) is 5.07. The Morgan fingerprint density at radius 2 is 1.35 bits per heavy atom. The predicted octanol–water partition coefficient (Wildman–Crippen LogP) is 2.03. The highest BCUT2D eigenvalue weighted by Gasteiger charge is 2.28. The third kappa shape index (κ3) is 3.75. The first-order chi connectivity index (χ1) is 12.4. The van der Waals surface area contributed by atoms with E-state index >= 15 is 0 Å². The molecular weight excluding hydrogens is 344 g/mol. The van der Waals surface area contributed by atoms with Gasteiger partial charge in [-0.2, -0.15) is 0 Å². The third-order valence-corrected chi connectivity index (χ3v) is 3.53. The molecule has 2 aromatic rings. The van der Waals surface area contributed by atoms with Crippen LogP contribution in [0.25, 0.3) is 0 Å². The van der Waals surface area contributed by atoms with E-state index in [1.165, 1.54) is 12.1 Å². The van der Waals surface area contributed by atoms with Crippen molar-refractivity contribution in [2.24, 2.45) is 0 Å². The maximum absolute atomic E-state index is 12.1. The van der Waals surface area contributed by atoms with Crippen molar-refractivity contribution in [1.82, 2.24) is 0 Å². The molecule has 0 saturated heterocycles. The van der Waals surface area contributed by atoms with E-state index < -0.39 is 47.1 Å². The van der Waals surface area contributed by atoms with Crippen molar-refractivity contribution in [3.8, 4) is 11.5 Å². The minimum Gasteiger partial charge on any atom is -0.507 e. The topological polar surface area (TPSA) is 119 Å². The van der Waals surface area contributed by atoms with Crippen molar-refractivity contribution in [2.45, 2.75) is 6.61 Å². The van der Waals surface area contributed by atoms with E-state index in [1.807, 2.05) is 0 Å². The number of carbonyl (C=O) groups excluding carboxylic acids is 3. The molecule has 0 saturated carbocycles. The van der Waals surface area contributed by atoms with E-state index in [2.05, 4.69) is 9.47 Å². The number of aromatic hydroxyl groups is 2. The number of rotatable bonds is 5. The Bertz CT molecular complexity index is 802. The largest absolute Gasteiger partial charge is 0.507 e. The molecule has 0 aromatic heterocycles. The van der Waals surface area contributed by atoms with Crippen molar-refractivity contribution in [3.63, 3.8) is 0 Å². The molecule has 0 aliphatic rings. The summed E-state index contributed by atoms with van der Waals surface area (Å²) in [6.45, 7) is -0.579. The molecule has 0 radical (unpaired) electrons. The molecule has 0 heterocycles. The summed E-state index contributed by atoms with van der Waals surface area (Å²) in [6.07, 6.45) is 0. The average molecular weight is 360 g/mol. The van der Waals surface area contributed by atoms with E-state index in [9.17, 15) is 24.6 Å². The van der Waals surface area contributed by atoms with Gasteiger partial charge in [0.2, 0.25) is 0 Å². The van der Waals surface area contributed by atoms with Gasteiger partial charge in [-0.25, -0.2) is 14.4 Å². The molecule has 0 unspecified atom stereocenters. The zero-order valence-electron chi connectivity index (χ0n) is 14.0. The summed E-state index contributed by atoms with van der Waals surface area (Å²) < 4.78 is 14.3. The number of benzene rings is 2. The molecule has 8 heteroatoms. The van der Waals surface area contributed by atoms with Gasteiger partial charge in [-0.3, -0.25) is 0 Å². The van der Waals surface area contributed by atoms with Gasteiger partial charge in [-0.15, -0.1) is 0 Å². The van der Waals surface area contributed by atoms with E-state index in [1.54, 1.807) is 18.2 Å². The van der Waals surface area contributed by atoms with Crippen molar-refractivity contribution in [1.29, 1.82) is 0 Å². The van der Waals surface area contributed by atoms with Gasteiger partial charge >= 0.3 is 17.9 Å². The standard InChI is InChI=1S/C18H16O8/c1-24-17(22)14-11(9-26-16(21)10-6-4-3-5-7-10)15(18(23)25-2)13(20)8-12(14)19/h3-8,19-20H,9H2,1-2H3. The molecule has 0 aliphatic heterocycles. The summed E-state index contributed by atoms with van der Waals surface area (Å²) in [5, 5.41) is 20.0. The Labute approximate surface area is 148 Å². The highest BCUT2D eigenvalue weighted by Crippen LogP contribution is 2.34. The van der Waals surface area contributed by atoms with Crippen LogP contribution in [-0.2, 0) is 20.8 Å². The van der Waals surface area contributed by atoms with Crippen molar-refractivity contribution in [3.05, 3.63) is 58.7 Å². The average Bonchev–Trinajstić information content (AvgIpc) is 2.65. The van der Waals surface area contributed by atoms with Crippen LogP contribution in [0.4, 0.5) is 0 Å². The molecule has 0 amide bonds.